The highest BCUT2D eigenvalue weighted by Crippen LogP contribution is 2.30. The van der Waals surface area contributed by atoms with Gasteiger partial charge in [-0.1, -0.05) is 54.1 Å². The Morgan fingerprint density at radius 2 is 1.47 bits per heavy atom. The normalized spacial score (nSPS) is 17.9. The van der Waals surface area contributed by atoms with E-state index in [9.17, 15) is 14.4 Å². The van der Waals surface area contributed by atoms with Crippen LogP contribution in [0.15, 0.2) is 66.7 Å². The van der Waals surface area contributed by atoms with Gasteiger partial charge in [-0.2, -0.15) is 0 Å². The third-order valence-corrected chi connectivity index (χ3v) is 6.44. The van der Waals surface area contributed by atoms with Crippen LogP contribution in [0.25, 0.3) is 0 Å². The number of hydrogen-bond donors (Lipinski definition) is 0. The molecule has 8 heteroatoms. The average molecular weight is 482 g/mol. The summed E-state index contributed by atoms with van der Waals surface area (Å²) in [6, 6.07) is 18.7. The van der Waals surface area contributed by atoms with Crippen LogP contribution in [0.1, 0.15) is 23.6 Å². The summed E-state index contributed by atoms with van der Waals surface area (Å²) >= 11 is 6.11. The zero-order valence-corrected chi connectivity index (χ0v) is 19.7. The van der Waals surface area contributed by atoms with Crippen molar-refractivity contribution < 1.29 is 19.1 Å². The molecule has 4 rings (SSSR count). The van der Waals surface area contributed by atoms with Crippen molar-refractivity contribution in [1.82, 2.24) is 14.7 Å². The molecule has 7 nitrogen and oxygen atoms in total. The lowest BCUT2D eigenvalue weighted by molar-refractivity contribution is -0.145. The van der Waals surface area contributed by atoms with E-state index in [0.717, 1.165) is 36.1 Å². The second kappa shape index (κ2) is 11.4. The molecule has 1 atom stereocenters. The number of benzene rings is 2. The molecular weight excluding hydrogens is 454 g/mol. The van der Waals surface area contributed by atoms with Gasteiger partial charge in [0, 0.05) is 56.4 Å². The number of esters is 1. The van der Waals surface area contributed by atoms with Gasteiger partial charge in [-0.3, -0.25) is 29.1 Å². The van der Waals surface area contributed by atoms with Gasteiger partial charge in [0.25, 0.3) is 11.8 Å². The molecule has 2 aliphatic rings. The van der Waals surface area contributed by atoms with Gasteiger partial charge in [0.2, 0.25) is 0 Å². The van der Waals surface area contributed by atoms with E-state index in [1.165, 1.54) is 23.3 Å². The highest BCUT2D eigenvalue weighted by Gasteiger charge is 2.27. The van der Waals surface area contributed by atoms with Crippen LogP contribution in [-0.2, 0) is 19.1 Å². The molecule has 2 aromatic rings. The number of halogens is 1. The average Bonchev–Trinajstić information content (AvgIpc) is 3.18. The first-order chi connectivity index (χ1) is 16.5. The number of amides is 2. The monoisotopic (exact) mass is 481 g/mol. The van der Waals surface area contributed by atoms with Gasteiger partial charge >= 0.3 is 5.97 Å². The van der Waals surface area contributed by atoms with Gasteiger partial charge in [0.05, 0.1) is 12.5 Å². The van der Waals surface area contributed by atoms with Crippen molar-refractivity contribution in [2.24, 2.45) is 0 Å². The highest BCUT2D eigenvalue weighted by atomic mass is 35.5. The summed E-state index contributed by atoms with van der Waals surface area (Å²) in [5.74, 6) is -1.18. The first-order valence-electron chi connectivity index (χ1n) is 11.5. The molecule has 2 aliphatic heterocycles. The Balaban J connectivity index is 1.24. The van der Waals surface area contributed by atoms with E-state index < -0.39 is 5.97 Å². The summed E-state index contributed by atoms with van der Waals surface area (Å²) < 4.78 is 5.32. The van der Waals surface area contributed by atoms with Crippen LogP contribution in [0, 0.1) is 0 Å². The van der Waals surface area contributed by atoms with Gasteiger partial charge < -0.3 is 4.74 Å². The molecular formula is C26H28ClN3O4. The van der Waals surface area contributed by atoms with Crippen molar-refractivity contribution in [2.75, 3.05) is 45.9 Å². The largest absolute Gasteiger partial charge is 0.464 e. The molecule has 34 heavy (non-hydrogen) atoms. The van der Waals surface area contributed by atoms with Crippen molar-refractivity contribution in [2.45, 2.75) is 12.5 Å². The second-order valence-corrected chi connectivity index (χ2v) is 8.81. The van der Waals surface area contributed by atoms with Crippen LogP contribution < -0.4 is 0 Å². The van der Waals surface area contributed by atoms with Crippen LogP contribution in [-0.4, -0.2) is 78.4 Å². The Bertz CT molecular complexity index is 1020. The standard InChI is InChI=1S/C26H28ClN3O4/c27-22-8-6-21(7-9-22)26(20-4-2-1-3-5-20)29-16-14-28(15-17-29)18-19-34-25(33)12-13-30-23(31)10-11-24(30)32/h1-11,26H,12-19H2. The zero-order valence-electron chi connectivity index (χ0n) is 18.9. The first kappa shape index (κ1) is 24.1. The molecule has 0 aromatic heterocycles. The Morgan fingerprint density at radius 3 is 2.12 bits per heavy atom. The molecule has 0 spiro atoms. The lowest BCUT2D eigenvalue weighted by atomic mass is 9.96. The minimum absolute atomic E-state index is 0.00673. The molecule has 2 heterocycles. The van der Waals surface area contributed by atoms with Crippen LogP contribution in [0.5, 0.6) is 0 Å². The predicted molar refractivity (Wildman–Crippen MR) is 129 cm³/mol. The van der Waals surface area contributed by atoms with Gasteiger partial charge in [-0.25, -0.2) is 0 Å². The van der Waals surface area contributed by atoms with Gasteiger partial charge in [-0.05, 0) is 23.3 Å². The number of piperazine rings is 1. The number of carbonyl (C=O) groups is 3. The van der Waals surface area contributed by atoms with E-state index in [4.69, 9.17) is 16.3 Å². The van der Waals surface area contributed by atoms with Gasteiger partial charge in [0.1, 0.15) is 6.61 Å². The Kier molecular flexibility index (Phi) is 8.11. The van der Waals surface area contributed by atoms with Crippen molar-refractivity contribution in [1.29, 1.82) is 0 Å². The van der Waals surface area contributed by atoms with E-state index in [-0.39, 0.29) is 37.4 Å². The first-order valence-corrected chi connectivity index (χ1v) is 11.8. The fourth-order valence-corrected chi connectivity index (χ4v) is 4.48. The third-order valence-electron chi connectivity index (χ3n) is 6.18. The van der Waals surface area contributed by atoms with E-state index in [1.807, 2.05) is 18.2 Å². The van der Waals surface area contributed by atoms with Crippen LogP contribution in [0.2, 0.25) is 5.02 Å². The van der Waals surface area contributed by atoms with Crippen molar-refractivity contribution in [3.8, 4) is 0 Å². The summed E-state index contributed by atoms with van der Waals surface area (Å²) in [5.41, 5.74) is 2.46. The van der Waals surface area contributed by atoms with Crippen molar-refractivity contribution in [3.63, 3.8) is 0 Å². The summed E-state index contributed by atoms with van der Waals surface area (Å²) in [6.45, 7) is 4.52. The molecule has 0 N–H and O–H groups in total. The summed E-state index contributed by atoms with van der Waals surface area (Å²) in [7, 11) is 0. The number of nitrogens with zero attached hydrogens (tertiary/aromatic N) is 3. The fraction of sp³-hybridized carbons (Fsp3) is 0.346. The van der Waals surface area contributed by atoms with E-state index in [0.29, 0.717) is 6.54 Å². The van der Waals surface area contributed by atoms with Gasteiger partial charge in [0.15, 0.2) is 0 Å². The number of ether oxygens (including phenoxy) is 1. The maximum Gasteiger partial charge on any atom is 0.307 e. The fourth-order valence-electron chi connectivity index (χ4n) is 4.35. The number of hydrogen-bond acceptors (Lipinski definition) is 6. The SMILES string of the molecule is O=C(CCN1C(=O)C=CC1=O)OCCN1CCN(C(c2ccccc2)c2ccc(Cl)cc2)CC1. The minimum Gasteiger partial charge on any atom is -0.464 e. The summed E-state index contributed by atoms with van der Waals surface area (Å²) in [6.07, 6.45) is 2.43. The Hall–Kier alpha value is -3.00. The third kappa shape index (κ3) is 6.11. The maximum absolute atomic E-state index is 12.0. The summed E-state index contributed by atoms with van der Waals surface area (Å²) in [4.78, 5) is 40.9. The molecule has 178 valence electrons. The van der Waals surface area contributed by atoms with Crippen LogP contribution in [0.3, 0.4) is 0 Å². The minimum atomic E-state index is -0.405. The second-order valence-electron chi connectivity index (χ2n) is 8.37. The number of rotatable bonds is 9. The number of carbonyl (C=O) groups excluding carboxylic acids is 3. The van der Waals surface area contributed by atoms with Crippen LogP contribution in [0.4, 0.5) is 0 Å². The lowest BCUT2D eigenvalue weighted by Gasteiger charge is -2.39. The Morgan fingerprint density at radius 1 is 0.853 bits per heavy atom. The van der Waals surface area contributed by atoms with E-state index in [2.05, 4.69) is 46.2 Å². The molecule has 2 aromatic carbocycles. The zero-order chi connectivity index (χ0) is 23.9. The van der Waals surface area contributed by atoms with Crippen LogP contribution >= 0.6 is 11.6 Å². The van der Waals surface area contributed by atoms with Crippen molar-refractivity contribution in [3.05, 3.63) is 82.9 Å². The predicted octanol–water partition coefficient (Wildman–Crippen LogP) is 2.91. The highest BCUT2D eigenvalue weighted by molar-refractivity contribution is 6.30. The lowest BCUT2D eigenvalue weighted by Crippen LogP contribution is -2.48. The smallest absolute Gasteiger partial charge is 0.307 e. The summed E-state index contributed by atoms with van der Waals surface area (Å²) in [5, 5.41) is 0.727. The molecule has 1 unspecified atom stereocenters. The molecule has 1 fully saturated rings. The van der Waals surface area contributed by atoms with E-state index >= 15 is 0 Å². The quantitative estimate of drug-likeness (QED) is 0.405. The molecule has 0 aliphatic carbocycles. The Labute approximate surface area is 204 Å². The van der Waals surface area contributed by atoms with E-state index in [1.54, 1.807) is 0 Å². The topological polar surface area (TPSA) is 70.2 Å². The molecule has 2 amide bonds. The molecule has 0 saturated carbocycles. The molecule has 1 saturated heterocycles. The number of imide groups is 1. The molecule has 0 bridgehead atoms. The molecule has 0 radical (unpaired) electrons. The van der Waals surface area contributed by atoms with Gasteiger partial charge in [-0.15, -0.1) is 0 Å². The van der Waals surface area contributed by atoms with Crippen molar-refractivity contribution >= 4 is 29.4 Å². The maximum atomic E-state index is 12.0.